The van der Waals surface area contributed by atoms with Crippen molar-refractivity contribution in [2.24, 2.45) is 0 Å². The highest BCUT2D eigenvalue weighted by Gasteiger charge is 2.22. The summed E-state index contributed by atoms with van der Waals surface area (Å²) in [5.41, 5.74) is 10.2. The van der Waals surface area contributed by atoms with E-state index in [2.05, 4.69) is 179 Å². The summed E-state index contributed by atoms with van der Waals surface area (Å²) in [6, 6.07) is 57.2. The standard InChI is InChI=1S/C52H32N4S2/c1-5-17-42-33(11-1)36-25-26-44-51(52(36)56(42)50-22-10-16-41(54-50)32-24-28-48-39(30-32)35-13-4-8-20-46(35)58-48)37-14-2-6-18-43(37)55(44)49-21-9-15-40(53-49)31-23-27-47-38(29-31)34-12-3-7-19-45(34)57-47/h1-2,4-11,13-30H,3,12H2. The molecule has 0 radical (unpaired) electrons. The van der Waals surface area contributed by atoms with Crippen molar-refractivity contribution in [2.45, 2.75) is 12.8 Å². The highest BCUT2D eigenvalue weighted by molar-refractivity contribution is 7.25. The van der Waals surface area contributed by atoms with E-state index >= 15 is 0 Å². The fourth-order valence-electron chi connectivity index (χ4n) is 9.43. The smallest absolute Gasteiger partial charge is 0.138 e. The van der Waals surface area contributed by atoms with E-state index in [1.54, 1.807) is 0 Å². The number of para-hydroxylation sites is 2. The van der Waals surface area contributed by atoms with E-state index in [4.69, 9.17) is 9.97 Å². The molecule has 1 aliphatic carbocycles. The molecule has 0 saturated heterocycles. The minimum atomic E-state index is 0.893. The zero-order chi connectivity index (χ0) is 37.9. The predicted molar refractivity (Wildman–Crippen MR) is 247 cm³/mol. The Kier molecular flexibility index (Phi) is 6.85. The van der Waals surface area contributed by atoms with Gasteiger partial charge in [-0.1, -0.05) is 91.0 Å². The molecule has 6 heterocycles. The van der Waals surface area contributed by atoms with Crippen LogP contribution in [0.2, 0.25) is 0 Å². The van der Waals surface area contributed by atoms with E-state index in [0.717, 1.165) is 69.1 Å². The van der Waals surface area contributed by atoms with Gasteiger partial charge >= 0.3 is 0 Å². The molecule has 0 saturated carbocycles. The molecule has 0 fully saturated rings. The largest absolute Gasteiger partial charge is 0.294 e. The lowest BCUT2D eigenvalue weighted by atomic mass is 9.99. The topological polar surface area (TPSA) is 35.6 Å². The Hall–Kier alpha value is -6.86. The maximum atomic E-state index is 5.44. The van der Waals surface area contributed by atoms with Crippen LogP contribution in [0, 0.1) is 0 Å². The second kappa shape index (κ2) is 12.3. The van der Waals surface area contributed by atoms with Crippen LogP contribution >= 0.6 is 22.7 Å². The van der Waals surface area contributed by atoms with E-state index in [1.807, 2.05) is 22.7 Å². The first kappa shape index (κ1) is 32.2. The third-order valence-corrected chi connectivity index (χ3v) is 14.3. The molecule has 58 heavy (non-hydrogen) atoms. The van der Waals surface area contributed by atoms with Gasteiger partial charge in [0.2, 0.25) is 0 Å². The fraction of sp³-hybridized carbons (Fsp3) is 0.0385. The number of hydrogen-bond donors (Lipinski definition) is 0. The Morgan fingerprint density at radius 3 is 1.88 bits per heavy atom. The molecule has 0 spiro atoms. The summed E-state index contributed by atoms with van der Waals surface area (Å²) in [7, 11) is 0. The van der Waals surface area contributed by atoms with Gasteiger partial charge in [0.25, 0.3) is 0 Å². The maximum absolute atomic E-state index is 5.44. The Morgan fingerprint density at radius 2 is 1.09 bits per heavy atom. The second-order valence-electron chi connectivity index (χ2n) is 15.2. The normalized spacial score (nSPS) is 13.0. The number of hydrogen-bond acceptors (Lipinski definition) is 4. The van der Waals surface area contributed by atoms with Gasteiger partial charge in [-0.05, 0) is 103 Å². The van der Waals surface area contributed by atoms with E-state index < -0.39 is 0 Å². The molecule has 4 nitrogen and oxygen atoms in total. The Balaban J connectivity index is 1.02. The molecule has 0 bridgehead atoms. The van der Waals surface area contributed by atoms with Gasteiger partial charge in [-0.15, -0.1) is 22.7 Å². The van der Waals surface area contributed by atoms with E-state index in [1.165, 1.54) is 62.2 Å². The highest BCUT2D eigenvalue weighted by atomic mass is 32.1. The van der Waals surface area contributed by atoms with Crippen molar-refractivity contribution in [3.63, 3.8) is 0 Å². The van der Waals surface area contributed by atoms with Crippen molar-refractivity contribution in [1.29, 1.82) is 0 Å². The lowest BCUT2D eigenvalue weighted by Crippen LogP contribution is -2.00. The quantitative estimate of drug-likeness (QED) is 0.178. The lowest BCUT2D eigenvalue weighted by Gasteiger charge is -2.11. The molecular formula is C52H32N4S2. The fourth-order valence-corrected chi connectivity index (χ4v) is 11.7. The second-order valence-corrected chi connectivity index (χ2v) is 17.4. The number of nitrogens with zero attached hydrogens (tertiary/aromatic N) is 4. The zero-order valence-electron chi connectivity index (χ0n) is 31.2. The molecule has 6 heteroatoms. The van der Waals surface area contributed by atoms with Crippen LogP contribution in [0.5, 0.6) is 0 Å². The first-order valence-corrected chi connectivity index (χ1v) is 21.4. The highest BCUT2D eigenvalue weighted by Crippen LogP contribution is 2.43. The van der Waals surface area contributed by atoms with Crippen LogP contribution in [0.15, 0.2) is 164 Å². The average molecular weight is 777 g/mol. The van der Waals surface area contributed by atoms with Crippen molar-refractivity contribution in [1.82, 2.24) is 19.1 Å². The molecule has 0 atom stereocenters. The molecule has 0 N–H and O–H groups in total. The van der Waals surface area contributed by atoms with Crippen molar-refractivity contribution in [3.8, 4) is 34.2 Å². The van der Waals surface area contributed by atoms with Crippen LogP contribution in [0.4, 0.5) is 0 Å². The van der Waals surface area contributed by atoms with Gasteiger partial charge in [0, 0.05) is 62.4 Å². The number of aromatic nitrogens is 4. The van der Waals surface area contributed by atoms with Crippen molar-refractivity contribution >= 4 is 103 Å². The SMILES string of the molecule is C1=Cc2sc3ccc(-c4cccc(-n5c6ccccc6c6c5ccc5c7ccccc7n(-c7cccc(-c8ccc9sc%10ccccc%10c9c8)n7)c56)n4)cc3c2CC1. The zero-order valence-corrected chi connectivity index (χ0v) is 32.8. The van der Waals surface area contributed by atoms with Gasteiger partial charge in [-0.3, -0.25) is 9.13 Å². The summed E-state index contributed by atoms with van der Waals surface area (Å²) < 4.78 is 8.66. The number of rotatable bonds is 4. The number of allylic oxidation sites excluding steroid dienone is 1. The first-order chi connectivity index (χ1) is 28.7. The van der Waals surface area contributed by atoms with Gasteiger partial charge in [-0.2, -0.15) is 0 Å². The van der Waals surface area contributed by atoms with Crippen LogP contribution in [-0.2, 0) is 6.42 Å². The van der Waals surface area contributed by atoms with Crippen molar-refractivity contribution in [2.75, 3.05) is 0 Å². The van der Waals surface area contributed by atoms with Crippen LogP contribution in [0.25, 0.3) is 114 Å². The molecule has 6 aromatic carbocycles. The lowest BCUT2D eigenvalue weighted by molar-refractivity contribution is 1.01. The number of aryl methyl sites for hydroxylation is 1. The summed E-state index contributed by atoms with van der Waals surface area (Å²) in [6.45, 7) is 0. The molecule has 1 aliphatic rings. The van der Waals surface area contributed by atoms with Gasteiger partial charge in [0.1, 0.15) is 11.6 Å². The minimum Gasteiger partial charge on any atom is -0.294 e. The molecule has 0 unspecified atom stereocenters. The van der Waals surface area contributed by atoms with E-state index in [0.29, 0.717) is 0 Å². The van der Waals surface area contributed by atoms with Gasteiger partial charge < -0.3 is 0 Å². The van der Waals surface area contributed by atoms with Crippen molar-refractivity contribution < 1.29 is 0 Å². The first-order valence-electron chi connectivity index (χ1n) is 19.8. The van der Waals surface area contributed by atoms with Crippen molar-refractivity contribution in [3.05, 3.63) is 174 Å². The number of pyridine rings is 2. The van der Waals surface area contributed by atoms with Crippen LogP contribution in [0.3, 0.4) is 0 Å². The van der Waals surface area contributed by atoms with E-state index in [9.17, 15) is 0 Å². The van der Waals surface area contributed by atoms with E-state index in [-0.39, 0.29) is 0 Å². The monoisotopic (exact) mass is 776 g/mol. The minimum absolute atomic E-state index is 0.893. The third-order valence-electron chi connectivity index (χ3n) is 12.0. The number of fused-ring (bicyclic) bond motifs is 13. The van der Waals surface area contributed by atoms with Crippen LogP contribution in [-0.4, -0.2) is 19.1 Å². The number of benzene rings is 6. The summed E-state index contributed by atoms with van der Waals surface area (Å²) in [4.78, 5) is 12.2. The van der Waals surface area contributed by atoms with Gasteiger partial charge in [0.15, 0.2) is 0 Å². The van der Waals surface area contributed by atoms with Crippen LogP contribution in [0.1, 0.15) is 16.9 Å². The average Bonchev–Trinajstić information content (AvgIpc) is 4.03. The molecule has 6 aromatic heterocycles. The molecule has 0 aliphatic heterocycles. The third kappa shape index (κ3) is 4.67. The van der Waals surface area contributed by atoms with Crippen LogP contribution < -0.4 is 0 Å². The molecular weight excluding hydrogens is 745 g/mol. The maximum Gasteiger partial charge on any atom is 0.138 e. The summed E-state index contributed by atoms with van der Waals surface area (Å²) in [6.07, 6.45) is 6.78. The summed E-state index contributed by atoms with van der Waals surface area (Å²) >= 11 is 3.74. The molecule has 13 rings (SSSR count). The molecule has 272 valence electrons. The number of thiophene rings is 2. The predicted octanol–water partition coefficient (Wildman–Crippen LogP) is 14.5. The van der Waals surface area contributed by atoms with Gasteiger partial charge in [-0.25, -0.2) is 9.97 Å². The molecule has 12 aromatic rings. The molecule has 0 amide bonds. The summed E-state index contributed by atoms with van der Waals surface area (Å²) in [5.74, 6) is 1.79. The Labute approximate surface area is 341 Å². The van der Waals surface area contributed by atoms with Gasteiger partial charge in [0.05, 0.1) is 33.5 Å². The Morgan fingerprint density at radius 1 is 0.448 bits per heavy atom. The summed E-state index contributed by atoms with van der Waals surface area (Å²) in [5, 5.41) is 8.71. The Bertz CT molecular complexity index is 3710.